The summed E-state index contributed by atoms with van der Waals surface area (Å²) in [6.45, 7) is 10.5. The predicted octanol–water partition coefficient (Wildman–Crippen LogP) is 2.45. The molecule has 2 aliphatic carbocycles. The van der Waals surface area contributed by atoms with Crippen LogP contribution < -0.4 is 0 Å². The smallest absolute Gasteiger partial charge is 0.236 e. The highest BCUT2D eigenvalue weighted by atomic mass is 16.5. The second-order valence-electron chi connectivity index (χ2n) is 9.18. The minimum absolute atomic E-state index is 0.312. The molecule has 0 aromatic heterocycles. The summed E-state index contributed by atoms with van der Waals surface area (Å²) in [4.78, 5) is 22.4. The van der Waals surface area contributed by atoms with Crippen LogP contribution in [0.1, 0.15) is 39.0 Å². The molecule has 166 valence electrons. The van der Waals surface area contributed by atoms with Gasteiger partial charge < -0.3 is 14.5 Å². The number of hydrogen-bond donors (Lipinski definition) is 0. The summed E-state index contributed by atoms with van der Waals surface area (Å²) in [5.74, 6) is 1.32. The van der Waals surface area contributed by atoms with Crippen LogP contribution in [0.4, 0.5) is 0 Å². The molecule has 0 radical (unpaired) electrons. The Hall–Kier alpha value is -1.79. The van der Waals surface area contributed by atoms with Crippen LogP contribution in [0.25, 0.3) is 0 Å². The lowest BCUT2D eigenvalue weighted by Gasteiger charge is -2.40. The molecule has 6 nitrogen and oxygen atoms in total. The first kappa shape index (κ1) is 21.4. The van der Waals surface area contributed by atoms with Crippen LogP contribution in [0.3, 0.4) is 0 Å². The number of nitrogens with zero attached hydrogens (tertiary/aromatic N) is 4. The molecule has 3 fully saturated rings. The largest absolute Gasteiger partial charge is 0.501 e. The molecule has 0 aromatic rings. The quantitative estimate of drug-likeness (QED) is 0.691. The van der Waals surface area contributed by atoms with E-state index < -0.39 is 0 Å². The maximum Gasteiger partial charge on any atom is 0.236 e. The highest BCUT2D eigenvalue weighted by molar-refractivity contribution is 5.78. The van der Waals surface area contributed by atoms with E-state index in [1.54, 1.807) is 7.11 Å². The Balaban J connectivity index is 1.22. The lowest BCUT2D eigenvalue weighted by atomic mass is 10.1. The zero-order valence-corrected chi connectivity index (χ0v) is 18.8. The van der Waals surface area contributed by atoms with Gasteiger partial charge >= 0.3 is 0 Å². The maximum absolute atomic E-state index is 12.9. The van der Waals surface area contributed by atoms with Crippen LogP contribution in [0.15, 0.2) is 35.3 Å². The number of ether oxygens (including phenoxy) is 1. The first-order valence-electron chi connectivity index (χ1n) is 11.7. The molecule has 0 aromatic carbocycles. The third kappa shape index (κ3) is 5.27. The van der Waals surface area contributed by atoms with E-state index in [0.29, 0.717) is 12.5 Å². The van der Waals surface area contributed by atoms with Crippen molar-refractivity contribution < 1.29 is 9.53 Å². The van der Waals surface area contributed by atoms with E-state index in [1.165, 1.54) is 37.0 Å². The minimum atomic E-state index is 0.312. The van der Waals surface area contributed by atoms with Crippen LogP contribution in [-0.2, 0) is 9.53 Å². The average Bonchev–Trinajstić information content (AvgIpc) is 3.24. The second kappa shape index (κ2) is 10.0. The topological polar surface area (TPSA) is 39.3 Å². The fourth-order valence-electron chi connectivity index (χ4n) is 5.26. The predicted molar refractivity (Wildman–Crippen MR) is 120 cm³/mol. The summed E-state index contributed by atoms with van der Waals surface area (Å²) in [5, 5.41) is 0. The molecule has 1 amide bonds. The first-order valence-corrected chi connectivity index (χ1v) is 11.7. The normalized spacial score (nSPS) is 24.9. The molecule has 0 bridgehead atoms. The average molecular weight is 415 g/mol. The molecule has 1 saturated carbocycles. The van der Waals surface area contributed by atoms with Gasteiger partial charge in [0, 0.05) is 70.5 Å². The number of rotatable bonds is 5. The maximum atomic E-state index is 12.9. The Kier molecular flexibility index (Phi) is 7.16. The summed E-state index contributed by atoms with van der Waals surface area (Å²) < 4.78 is 5.51. The van der Waals surface area contributed by atoms with Crippen molar-refractivity contribution in [3.63, 3.8) is 0 Å². The van der Waals surface area contributed by atoms with Crippen molar-refractivity contribution in [1.82, 2.24) is 19.6 Å². The van der Waals surface area contributed by atoms with E-state index in [4.69, 9.17) is 4.74 Å². The number of methoxy groups -OCH3 is 1. The molecule has 0 N–H and O–H groups in total. The van der Waals surface area contributed by atoms with Gasteiger partial charge in [0.1, 0.15) is 5.76 Å². The Morgan fingerprint density at radius 2 is 1.70 bits per heavy atom. The fraction of sp³-hybridized carbons (Fsp3) is 0.708. The van der Waals surface area contributed by atoms with Crippen molar-refractivity contribution in [2.45, 2.75) is 45.1 Å². The summed E-state index contributed by atoms with van der Waals surface area (Å²) in [5.41, 5.74) is 2.58. The van der Waals surface area contributed by atoms with Crippen LogP contribution in [0.5, 0.6) is 0 Å². The number of piperazine rings is 2. The number of carbonyl (C=O) groups excluding carboxylic acids is 1. The molecule has 30 heavy (non-hydrogen) atoms. The SMILES string of the molecule is COC1=CC=C(C)C=C(N2CCN(CC(=O)N3CCN(C4CCCC4)CC3)CC2)C1. The van der Waals surface area contributed by atoms with Crippen molar-refractivity contribution in [3.05, 3.63) is 35.3 Å². The van der Waals surface area contributed by atoms with Crippen LogP contribution in [0.2, 0.25) is 0 Å². The van der Waals surface area contributed by atoms with Gasteiger partial charge in [0.2, 0.25) is 5.91 Å². The van der Waals surface area contributed by atoms with Gasteiger partial charge in [-0.05, 0) is 37.5 Å². The van der Waals surface area contributed by atoms with Crippen LogP contribution >= 0.6 is 0 Å². The number of amides is 1. The molecule has 2 saturated heterocycles. The van der Waals surface area contributed by atoms with Gasteiger partial charge in [-0.1, -0.05) is 18.9 Å². The molecule has 2 heterocycles. The Labute approximate surface area is 181 Å². The van der Waals surface area contributed by atoms with Gasteiger partial charge in [0.15, 0.2) is 0 Å². The van der Waals surface area contributed by atoms with Gasteiger partial charge in [0.05, 0.1) is 13.7 Å². The molecule has 6 heteroatoms. The van der Waals surface area contributed by atoms with Crippen molar-refractivity contribution in [2.75, 3.05) is 66.0 Å². The Morgan fingerprint density at radius 1 is 1.00 bits per heavy atom. The van der Waals surface area contributed by atoms with E-state index >= 15 is 0 Å². The summed E-state index contributed by atoms with van der Waals surface area (Å²) in [6.07, 6.45) is 12.8. The number of hydrogen-bond acceptors (Lipinski definition) is 5. The van der Waals surface area contributed by atoms with Crippen LogP contribution in [-0.4, -0.2) is 97.6 Å². The van der Waals surface area contributed by atoms with Crippen LogP contribution in [0, 0.1) is 0 Å². The summed E-state index contributed by atoms with van der Waals surface area (Å²) >= 11 is 0. The Morgan fingerprint density at radius 3 is 2.37 bits per heavy atom. The standard InChI is InChI=1S/C24H38N4O2/c1-20-7-8-23(30-2)18-22(17-20)27-11-9-25(10-12-27)19-24(29)28-15-13-26(14-16-28)21-5-3-4-6-21/h7-8,17,21H,3-6,9-16,18-19H2,1-2H3. The second-order valence-corrected chi connectivity index (χ2v) is 9.18. The third-order valence-electron chi connectivity index (χ3n) is 7.19. The van der Waals surface area contributed by atoms with Gasteiger partial charge in [-0.15, -0.1) is 0 Å². The van der Waals surface area contributed by atoms with Gasteiger partial charge in [-0.3, -0.25) is 14.6 Å². The van der Waals surface area contributed by atoms with E-state index in [2.05, 4.69) is 44.8 Å². The van der Waals surface area contributed by atoms with Gasteiger partial charge in [0.25, 0.3) is 0 Å². The highest BCUT2D eigenvalue weighted by Crippen LogP contribution is 2.25. The molecule has 2 aliphatic heterocycles. The molecule has 0 atom stereocenters. The van der Waals surface area contributed by atoms with Crippen molar-refractivity contribution in [3.8, 4) is 0 Å². The molecule has 4 aliphatic rings. The monoisotopic (exact) mass is 414 g/mol. The Bertz CT molecular complexity index is 692. The van der Waals surface area contributed by atoms with Crippen molar-refractivity contribution in [1.29, 1.82) is 0 Å². The van der Waals surface area contributed by atoms with Crippen molar-refractivity contribution >= 4 is 5.91 Å². The fourth-order valence-corrected chi connectivity index (χ4v) is 5.26. The van der Waals surface area contributed by atoms with E-state index in [-0.39, 0.29) is 0 Å². The van der Waals surface area contributed by atoms with E-state index in [9.17, 15) is 4.79 Å². The van der Waals surface area contributed by atoms with E-state index in [1.807, 2.05) is 0 Å². The lowest BCUT2D eigenvalue weighted by Crippen LogP contribution is -2.54. The number of allylic oxidation sites excluding steroid dienone is 4. The highest BCUT2D eigenvalue weighted by Gasteiger charge is 2.29. The first-order chi connectivity index (χ1) is 14.6. The van der Waals surface area contributed by atoms with E-state index in [0.717, 1.165) is 70.6 Å². The third-order valence-corrected chi connectivity index (χ3v) is 7.19. The zero-order chi connectivity index (χ0) is 20.9. The van der Waals surface area contributed by atoms with Gasteiger partial charge in [-0.2, -0.15) is 0 Å². The summed E-state index contributed by atoms with van der Waals surface area (Å²) in [6, 6.07) is 0.778. The molecule has 4 rings (SSSR count). The van der Waals surface area contributed by atoms with Gasteiger partial charge in [-0.25, -0.2) is 0 Å². The molecular formula is C24H38N4O2. The lowest BCUT2D eigenvalue weighted by molar-refractivity contribution is -0.134. The minimum Gasteiger partial charge on any atom is -0.501 e. The molecule has 0 unspecified atom stereocenters. The van der Waals surface area contributed by atoms with Crippen molar-refractivity contribution in [2.24, 2.45) is 0 Å². The molecule has 0 spiro atoms. The summed E-state index contributed by atoms with van der Waals surface area (Å²) in [7, 11) is 1.75. The number of carbonyl (C=O) groups is 1. The zero-order valence-electron chi connectivity index (χ0n) is 18.8. The molecular weight excluding hydrogens is 376 g/mol.